The number of carbonyl (C=O) groups is 1. The van der Waals surface area contributed by atoms with Crippen LogP contribution in [0.4, 0.5) is 0 Å². The lowest BCUT2D eigenvalue weighted by molar-refractivity contribution is 0.0602. The molecule has 0 spiro atoms. The highest BCUT2D eigenvalue weighted by Gasteiger charge is 2.25. The quantitative estimate of drug-likeness (QED) is 0.777. The van der Waals surface area contributed by atoms with Gasteiger partial charge in [0.05, 0.1) is 7.11 Å². The van der Waals surface area contributed by atoms with Crippen molar-refractivity contribution in [3.8, 4) is 0 Å². The smallest absolute Gasteiger partial charge is 0.349 e. The Balaban J connectivity index is 0.00000220. The molecule has 0 bridgehead atoms. The predicted octanol–water partition coefficient (Wildman–Crippen LogP) is 1.23. The van der Waals surface area contributed by atoms with E-state index in [0.29, 0.717) is 12.5 Å². The predicted molar refractivity (Wildman–Crippen MR) is 83.7 cm³/mol. The van der Waals surface area contributed by atoms with E-state index in [9.17, 15) is 13.2 Å². The average molecular weight is 355 g/mol. The molecule has 1 atom stereocenters. The van der Waals surface area contributed by atoms with Crippen LogP contribution in [0.1, 0.15) is 22.5 Å². The first-order valence-electron chi connectivity index (χ1n) is 6.41. The fraction of sp³-hybridized carbons (Fsp3) is 0.583. The molecule has 1 aromatic rings. The van der Waals surface area contributed by atoms with E-state index in [4.69, 9.17) is 0 Å². The van der Waals surface area contributed by atoms with E-state index in [1.165, 1.54) is 13.2 Å². The normalized spacial score (nSPS) is 18.8. The molecule has 1 fully saturated rings. The van der Waals surface area contributed by atoms with Crippen molar-refractivity contribution in [2.45, 2.75) is 17.7 Å². The van der Waals surface area contributed by atoms with Crippen molar-refractivity contribution in [3.05, 3.63) is 16.3 Å². The van der Waals surface area contributed by atoms with Crippen LogP contribution in [0.15, 0.2) is 16.3 Å². The second-order valence-corrected chi connectivity index (χ2v) is 7.32. The number of halogens is 1. The SMILES string of the molecule is COC(=O)c1sccc1S(=O)(=O)NCC1CCCNC1.Cl. The first kappa shape index (κ1) is 18.4. The Morgan fingerprint density at radius 1 is 1.57 bits per heavy atom. The van der Waals surface area contributed by atoms with E-state index in [0.717, 1.165) is 37.3 Å². The van der Waals surface area contributed by atoms with Gasteiger partial charge in [0.2, 0.25) is 10.0 Å². The average Bonchev–Trinajstić information content (AvgIpc) is 2.96. The van der Waals surface area contributed by atoms with Gasteiger partial charge in [-0.2, -0.15) is 0 Å². The van der Waals surface area contributed by atoms with Gasteiger partial charge in [-0.05, 0) is 43.3 Å². The standard InChI is InChI=1S/C12H18N2O4S2.ClH/c1-18-12(15)11-10(4-6-19-11)20(16,17)14-8-9-3-2-5-13-7-9;/h4,6,9,13-14H,2-3,5,7-8H2,1H3;1H. The summed E-state index contributed by atoms with van der Waals surface area (Å²) in [5, 5.41) is 4.81. The number of hydrogen-bond donors (Lipinski definition) is 2. The summed E-state index contributed by atoms with van der Waals surface area (Å²) in [6, 6.07) is 1.43. The molecule has 0 aliphatic carbocycles. The highest BCUT2D eigenvalue weighted by atomic mass is 35.5. The van der Waals surface area contributed by atoms with Crippen molar-refractivity contribution in [2.75, 3.05) is 26.7 Å². The maximum atomic E-state index is 12.2. The molecule has 21 heavy (non-hydrogen) atoms. The second kappa shape index (κ2) is 8.09. The molecule has 120 valence electrons. The fourth-order valence-corrected chi connectivity index (χ4v) is 4.60. The molecule has 1 aromatic heterocycles. The summed E-state index contributed by atoms with van der Waals surface area (Å²) in [7, 11) is -2.43. The number of piperidine rings is 1. The van der Waals surface area contributed by atoms with Gasteiger partial charge in [-0.15, -0.1) is 23.7 Å². The van der Waals surface area contributed by atoms with E-state index in [1.54, 1.807) is 5.38 Å². The Kier molecular flexibility index (Phi) is 7.08. The lowest BCUT2D eigenvalue weighted by Gasteiger charge is -2.22. The Labute approximate surface area is 134 Å². The van der Waals surface area contributed by atoms with Crippen LogP contribution in [0.25, 0.3) is 0 Å². The number of carbonyl (C=O) groups excluding carboxylic acids is 1. The van der Waals surface area contributed by atoms with Gasteiger partial charge in [-0.25, -0.2) is 17.9 Å². The molecular weight excluding hydrogens is 336 g/mol. The molecule has 0 aromatic carbocycles. The Bertz CT molecular complexity index is 568. The first-order chi connectivity index (χ1) is 9.54. The van der Waals surface area contributed by atoms with Crippen LogP contribution in [0, 0.1) is 5.92 Å². The number of rotatable bonds is 5. The molecule has 0 radical (unpaired) electrons. The third-order valence-electron chi connectivity index (χ3n) is 3.25. The van der Waals surface area contributed by atoms with Crippen molar-refractivity contribution in [1.82, 2.24) is 10.0 Å². The molecule has 0 saturated carbocycles. The molecule has 1 aliphatic rings. The summed E-state index contributed by atoms with van der Waals surface area (Å²) < 4.78 is 31.7. The van der Waals surface area contributed by atoms with Crippen LogP contribution in [0.2, 0.25) is 0 Å². The van der Waals surface area contributed by atoms with Crippen LogP contribution < -0.4 is 10.0 Å². The van der Waals surface area contributed by atoms with Gasteiger partial charge in [-0.1, -0.05) is 0 Å². The van der Waals surface area contributed by atoms with E-state index >= 15 is 0 Å². The molecule has 1 saturated heterocycles. The molecule has 9 heteroatoms. The van der Waals surface area contributed by atoms with Gasteiger partial charge in [0, 0.05) is 6.54 Å². The monoisotopic (exact) mass is 354 g/mol. The number of hydrogen-bond acceptors (Lipinski definition) is 6. The zero-order valence-corrected chi connectivity index (χ0v) is 14.1. The number of thiophene rings is 1. The van der Waals surface area contributed by atoms with Crippen molar-refractivity contribution >= 4 is 39.7 Å². The largest absolute Gasteiger partial charge is 0.465 e. The van der Waals surface area contributed by atoms with Gasteiger partial charge in [0.1, 0.15) is 9.77 Å². The summed E-state index contributed by atoms with van der Waals surface area (Å²) in [5.74, 6) is -0.335. The van der Waals surface area contributed by atoms with Crippen LogP contribution in [0.3, 0.4) is 0 Å². The summed E-state index contributed by atoms with van der Waals surface area (Å²) in [6.45, 7) is 2.18. The Morgan fingerprint density at radius 3 is 2.95 bits per heavy atom. The van der Waals surface area contributed by atoms with Crippen LogP contribution in [-0.4, -0.2) is 41.1 Å². The Hall–Kier alpha value is -0.670. The van der Waals surface area contributed by atoms with Crippen molar-refractivity contribution in [3.63, 3.8) is 0 Å². The zero-order valence-electron chi connectivity index (χ0n) is 11.6. The highest BCUT2D eigenvalue weighted by molar-refractivity contribution is 7.89. The van der Waals surface area contributed by atoms with Gasteiger partial charge in [-0.3, -0.25) is 0 Å². The fourth-order valence-electron chi connectivity index (χ4n) is 2.15. The number of sulfonamides is 1. The molecule has 2 rings (SSSR count). The van der Waals surface area contributed by atoms with Gasteiger partial charge in [0.15, 0.2) is 0 Å². The van der Waals surface area contributed by atoms with Crippen molar-refractivity contribution < 1.29 is 17.9 Å². The van der Waals surface area contributed by atoms with Gasteiger partial charge >= 0.3 is 5.97 Å². The summed E-state index contributed by atoms with van der Waals surface area (Å²) >= 11 is 1.06. The van der Waals surface area contributed by atoms with E-state index in [1.807, 2.05) is 0 Å². The third-order valence-corrected chi connectivity index (χ3v) is 5.74. The van der Waals surface area contributed by atoms with Crippen molar-refractivity contribution in [2.24, 2.45) is 5.92 Å². The summed E-state index contributed by atoms with van der Waals surface area (Å²) in [4.78, 5) is 11.6. The van der Waals surface area contributed by atoms with Gasteiger partial charge in [0.25, 0.3) is 0 Å². The molecule has 6 nitrogen and oxygen atoms in total. The highest BCUT2D eigenvalue weighted by Crippen LogP contribution is 2.23. The van der Waals surface area contributed by atoms with Crippen LogP contribution in [0.5, 0.6) is 0 Å². The molecule has 1 aliphatic heterocycles. The minimum Gasteiger partial charge on any atom is -0.465 e. The lowest BCUT2D eigenvalue weighted by Crippen LogP contribution is -2.38. The van der Waals surface area contributed by atoms with Crippen LogP contribution >= 0.6 is 23.7 Å². The molecule has 1 unspecified atom stereocenters. The number of methoxy groups -OCH3 is 1. The van der Waals surface area contributed by atoms with Crippen molar-refractivity contribution in [1.29, 1.82) is 0 Å². The minimum absolute atomic E-state index is 0. The maximum absolute atomic E-state index is 12.2. The van der Waals surface area contributed by atoms with E-state index < -0.39 is 16.0 Å². The first-order valence-corrected chi connectivity index (χ1v) is 8.77. The summed E-state index contributed by atoms with van der Waals surface area (Å²) in [5.41, 5.74) is 0. The molecule has 2 heterocycles. The van der Waals surface area contributed by atoms with Crippen LogP contribution in [-0.2, 0) is 14.8 Å². The number of ether oxygens (including phenoxy) is 1. The molecule has 0 amide bonds. The molecular formula is C12H19ClN2O4S2. The number of esters is 1. The lowest BCUT2D eigenvalue weighted by atomic mass is 10.0. The van der Waals surface area contributed by atoms with Gasteiger partial charge < -0.3 is 10.1 Å². The summed E-state index contributed by atoms with van der Waals surface area (Å²) in [6.07, 6.45) is 2.06. The van der Waals surface area contributed by atoms with E-state index in [2.05, 4.69) is 14.8 Å². The maximum Gasteiger partial charge on any atom is 0.349 e. The molecule has 2 N–H and O–H groups in total. The van der Waals surface area contributed by atoms with E-state index in [-0.39, 0.29) is 22.2 Å². The topological polar surface area (TPSA) is 84.5 Å². The third kappa shape index (κ3) is 4.65. The number of nitrogens with one attached hydrogen (secondary N) is 2. The second-order valence-electron chi connectivity index (χ2n) is 4.67. The zero-order chi connectivity index (χ0) is 14.6. The Morgan fingerprint density at radius 2 is 2.33 bits per heavy atom. The minimum atomic E-state index is -3.67.